The van der Waals surface area contributed by atoms with Crippen LogP contribution in [0.5, 0.6) is 0 Å². The van der Waals surface area contributed by atoms with Gasteiger partial charge in [-0.1, -0.05) is 65.9 Å². The van der Waals surface area contributed by atoms with Crippen molar-refractivity contribution in [1.29, 1.82) is 0 Å². The molecule has 0 aromatic carbocycles. The highest BCUT2D eigenvalue weighted by Gasteiger charge is 2.15. The van der Waals surface area contributed by atoms with E-state index in [2.05, 4.69) is 27.4 Å². The largest absolute Gasteiger partial charge is 0.495 e. The summed E-state index contributed by atoms with van der Waals surface area (Å²) in [6.07, 6.45) is 12.7. The van der Waals surface area contributed by atoms with Crippen LogP contribution < -0.4 is 0 Å². The second-order valence-electron chi connectivity index (χ2n) is 5.41. The van der Waals surface area contributed by atoms with Gasteiger partial charge in [-0.15, -0.1) is 0 Å². The molecule has 0 N–H and O–H groups in total. The van der Waals surface area contributed by atoms with E-state index in [0.717, 1.165) is 50.8 Å². The van der Waals surface area contributed by atoms with Crippen molar-refractivity contribution < 1.29 is 9.47 Å². The summed E-state index contributed by atoms with van der Waals surface area (Å²) in [6, 6.07) is 0. The van der Waals surface area contributed by atoms with Crippen LogP contribution in [0.2, 0.25) is 0 Å². The summed E-state index contributed by atoms with van der Waals surface area (Å²) in [7, 11) is 0. The Hall–Kier alpha value is -0.500. The molecule has 0 aliphatic rings. The van der Waals surface area contributed by atoms with Gasteiger partial charge in [0, 0.05) is 6.61 Å². The number of hydrogen-bond donors (Lipinski definition) is 0. The Morgan fingerprint density at radius 3 is 1.75 bits per heavy atom. The van der Waals surface area contributed by atoms with Crippen LogP contribution in [0.15, 0.2) is 12.3 Å². The van der Waals surface area contributed by atoms with E-state index in [9.17, 15) is 0 Å². The Bertz CT molecular complexity index is 213. The molecule has 0 unspecified atom stereocenters. The molecule has 0 aliphatic carbocycles. The Balaban J connectivity index is 3.95. The zero-order chi connectivity index (χ0) is 15.1. The molecule has 2 heteroatoms. The van der Waals surface area contributed by atoms with Crippen molar-refractivity contribution in [3.05, 3.63) is 18.4 Å². The van der Waals surface area contributed by atoms with Gasteiger partial charge in [-0.05, 0) is 25.7 Å². The van der Waals surface area contributed by atoms with Crippen molar-refractivity contribution >= 4 is 0 Å². The minimum Gasteiger partial charge on any atom is -0.495 e. The highest BCUT2D eigenvalue weighted by atomic mass is 16.5. The maximum atomic E-state index is 5.90. The predicted molar refractivity (Wildman–Crippen MR) is 87.5 cm³/mol. The van der Waals surface area contributed by atoms with Crippen LogP contribution in [0.1, 0.15) is 85.0 Å². The number of hydrogen-bond acceptors (Lipinski definition) is 2. The monoisotopic (exact) mass is 283 g/mol. The van der Waals surface area contributed by atoms with Gasteiger partial charge in [-0.2, -0.15) is 0 Å². The number of rotatable bonds is 15. The second kappa shape index (κ2) is 14.9. The fourth-order valence-electron chi connectivity index (χ4n) is 2.00. The van der Waals surface area contributed by atoms with Gasteiger partial charge in [0.25, 0.3) is 0 Å². The minimum atomic E-state index is 0.758. The van der Waals surface area contributed by atoms with Gasteiger partial charge in [-0.25, -0.2) is 0 Å². The minimum absolute atomic E-state index is 0.758. The lowest BCUT2D eigenvalue weighted by Gasteiger charge is -2.19. The maximum Gasteiger partial charge on any atom is 0.160 e. The first kappa shape index (κ1) is 19.5. The number of unbranched alkanes of at least 4 members (excludes halogenated alkanes) is 6. The molecule has 1 radical (unpaired) electrons. The molecule has 0 rings (SSSR count). The third-order valence-electron chi connectivity index (χ3n) is 3.37. The van der Waals surface area contributed by atoms with E-state index in [1.54, 1.807) is 0 Å². The molecule has 0 aliphatic heterocycles. The SMILES string of the molecule is C=C(OCCCCC)[C](CCCCC)OCCCCC. The van der Waals surface area contributed by atoms with Gasteiger partial charge in [0.05, 0.1) is 6.61 Å². The summed E-state index contributed by atoms with van der Waals surface area (Å²) in [5.74, 6) is 0.758. The molecule has 0 spiro atoms. The highest BCUT2D eigenvalue weighted by molar-refractivity contribution is 5.07. The van der Waals surface area contributed by atoms with Crippen molar-refractivity contribution in [2.75, 3.05) is 13.2 Å². The zero-order valence-corrected chi connectivity index (χ0v) is 14.0. The van der Waals surface area contributed by atoms with Crippen molar-refractivity contribution in [3.8, 4) is 0 Å². The summed E-state index contributed by atoms with van der Waals surface area (Å²) < 4.78 is 11.6. The lowest BCUT2D eigenvalue weighted by molar-refractivity contribution is 0.0903. The fraction of sp³-hybridized carbons (Fsp3) is 0.833. The molecule has 0 heterocycles. The molecule has 0 saturated heterocycles. The first-order chi connectivity index (χ1) is 9.76. The molecule has 20 heavy (non-hydrogen) atoms. The quantitative estimate of drug-likeness (QED) is 0.270. The molecule has 0 aromatic heterocycles. The molecule has 0 bridgehead atoms. The topological polar surface area (TPSA) is 18.5 Å². The first-order valence-corrected chi connectivity index (χ1v) is 8.56. The first-order valence-electron chi connectivity index (χ1n) is 8.56. The van der Waals surface area contributed by atoms with E-state index in [-0.39, 0.29) is 0 Å². The highest BCUT2D eigenvalue weighted by Crippen LogP contribution is 2.23. The predicted octanol–water partition coefficient (Wildman–Crippen LogP) is 6.03. The van der Waals surface area contributed by atoms with Gasteiger partial charge >= 0.3 is 0 Å². The van der Waals surface area contributed by atoms with Crippen LogP contribution >= 0.6 is 0 Å². The van der Waals surface area contributed by atoms with E-state index in [1.165, 1.54) is 38.5 Å². The van der Waals surface area contributed by atoms with Crippen LogP contribution in [0.25, 0.3) is 0 Å². The third-order valence-corrected chi connectivity index (χ3v) is 3.37. The average molecular weight is 283 g/mol. The molecule has 0 atom stereocenters. The molecular weight excluding hydrogens is 248 g/mol. The van der Waals surface area contributed by atoms with E-state index in [1.807, 2.05) is 0 Å². The summed E-state index contributed by atoms with van der Waals surface area (Å²) in [5, 5.41) is 0. The van der Waals surface area contributed by atoms with E-state index in [4.69, 9.17) is 9.47 Å². The van der Waals surface area contributed by atoms with Crippen LogP contribution in [0.4, 0.5) is 0 Å². The molecule has 2 nitrogen and oxygen atoms in total. The Labute approximate surface area is 126 Å². The second-order valence-corrected chi connectivity index (χ2v) is 5.41. The lowest BCUT2D eigenvalue weighted by atomic mass is 10.1. The summed E-state index contributed by atoms with van der Waals surface area (Å²) >= 11 is 0. The van der Waals surface area contributed by atoms with Gasteiger partial charge in [0.15, 0.2) is 6.10 Å². The number of ether oxygens (including phenoxy) is 2. The van der Waals surface area contributed by atoms with Crippen LogP contribution in [-0.2, 0) is 9.47 Å². The summed E-state index contributed by atoms with van der Waals surface area (Å²) in [5.41, 5.74) is 0. The van der Waals surface area contributed by atoms with Crippen LogP contribution in [-0.4, -0.2) is 13.2 Å². The van der Waals surface area contributed by atoms with Gasteiger partial charge in [-0.3, -0.25) is 0 Å². The average Bonchev–Trinajstić information content (AvgIpc) is 2.46. The maximum absolute atomic E-state index is 5.90. The van der Waals surface area contributed by atoms with E-state index >= 15 is 0 Å². The van der Waals surface area contributed by atoms with Crippen LogP contribution in [0, 0.1) is 6.10 Å². The smallest absolute Gasteiger partial charge is 0.160 e. The molecule has 0 amide bonds. The van der Waals surface area contributed by atoms with E-state index in [0.29, 0.717) is 0 Å². The van der Waals surface area contributed by atoms with Crippen molar-refractivity contribution in [1.82, 2.24) is 0 Å². The molecular formula is C18H35O2. The zero-order valence-electron chi connectivity index (χ0n) is 14.0. The third kappa shape index (κ3) is 11.3. The van der Waals surface area contributed by atoms with Gasteiger partial charge < -0.3 is 9.47 Å². The van der Waals surface area contributed by atoms with Crippen LogP contribution in [0.3, 0.4) is 0 Å². The van der Waals surface area contributed by atoms with Crippen molar-refractivity contribution in [2.24, 2.45) is 0 Å². The van der Waals surface area contributed by atoms with Crippen molar-refractivity contribution in [3.63, 3.8) is 0 Å². The van der Waals surface area contributed by atoms with Gasteiger partial charge in [0.2, 0.25) is 0 Å². The Kier molecular flexibility index (Phi) is 14.5. The Morgan fingerprint density at radius 2 is 1.20 bits per heavy atom. The molecule has 0 saturated carbocycles. The normalized spacial score (nSPS) is 11.0. The van der Waals surface area contributed by atoms with E-state index < -0.39 is 0 Å². The lowest BCUT2D eigenvalue weighted by Crippen LogP contribution is -2.11. The molecule has 0 aromatic rings. The summed E-state index contributed by atoms with van der Waals surface area (Å²) in [4.78, 5) is 0. The van der Waals surface area contributed by atoms with Gasteiger partial charge in [0.1, 0.15) is 5.76 Å². The van der Waals surface area contributed by atoms with Crippen molar-refractivity contribution in [2.45, 2.75) is 85.0 Å². The Morgan fingerprint density at radius 1 is 0.700 bits per heavy atom. The summed E-state index contributed by atoms with van der Waals surface area (Å²) in [6.45, 7) is 12.2. The fourth-order valence-corrected chi connectivity index (χ4v) is 2.00. The molecule has 0 fully saturated rings. The standard InChI is InChI=1S/C18H35O2/c1-5-8-11-14-18(20-16-13-10-7-3)17(4)19-15-12-9-6-2/h4-16H2,1-3H3. The molecule has 119 valence electrons.